The SMILES string of the molecule is OC1(Cc2ccccn2)CCC2(CCCC2)CC1. The van der Waals surface area contributed by atoms with Crippen molar-refractivity contribution in [2.75, 3.05) is 0 Å². The lowest BCUT2D eigenvalue weighted by Gasteiger charge is -2.42. The molecule has 1 aromatic heterocycles. The van der Waals surface area contributed by atoms with Crippen LogP contribution in [0.25, 0.3) is 0 Å². The topological polar surface area (TPSA) is 33.1 Å². The minimum atomic E-state index is -0.498. The molecule has 3 rings (SSSR count). The van der Waals surface area contributed by atoms with Gasteiger partial charge in [0.1, 0.15) is 0 Å². The van der Waals surface area contributed by atoms with Crippen LogP contribution in [0.5, 0.6) is 0 Å². The lowest BCUT2D eigenvalue weighted by atomic mass is 9.66. The summed E-state index contributed by atoms with van der Waals surface area (Å²) in [6.45, 7) is 0. The summed E-state index contributed by atoms with van der Waals surface area (Å²) in [4.78, 5) is 4.35. The molecule has 0 amide bonds. The van der Waals surface area contributed by atoms with Crippen LogP contribution in [0.1, 0.15) is 57.1 Å². The number of rotatable bonds is 2. The van der Waals surface area contributed by atoms with E-state index in [1.807, 2.05) is 24.4 Å². The zero-order valence-electron chi connectivity index (χ0n) is 11.1. The van der Waals surface area contributed by atoms with Gasteiger partial charge in [-0.2, -0.15) is 0 Å². The first-order chi connectivity index (χ1) is 8.70. The van der Waals surface area contributed by atoms with Crippen LogP contribution in [0.4, 0.5) is 0 Å². The summed E-state index contributed by atoms with van der Waals surface area (Å²) in [5, 5.41) is 10.7. The Morgan fingerprint density at radius 1 is 1.00 bits per heavy atom. The van der Waals surface area contributed by atoms with Gasteiger partial charge in [0, 0.05) is 18.3 Å². The predicted molar refractivity (Wildman–Crippen MR) is 72.3 cm³/mol. The second-order valence-electron chi connectivity index (χ2n) is 6.43. The van der Waals surface area contributed by atoms with E-state index >= 15 is 0 Å². The third-order valence-electron chi connectivity index (χ3n) is 5.14. The van der Waals surface area contributed by atoms with Gasteiger partial charge in [-0.15, -0.1) is 0 Å². The maximum absolute atomic E-state index is 10.7. The zero-order valence-corrected chi connectivity index (χ0v) is 11.1. The standard InChI is InChI=1S/C16H23NO/c18-16(13-14-5-1-4-12-17-14)10-8-15(9-11-16)6-2-3-7-15/h1,4-5,12,18H,2-3,6-11,13H2. The Morgan fingerprint density at radius 2 is 1.72 bits per heavy atom. The Labute approximate surface area is 109 Å². The molecule has 2 aliphatic rings. The highest BCUT2D eigenvalue weighted by molar-refractivity contribution is 5.08. The van der Waals surface area contributed by atoms with Crippen LogP contribution < -0.4 is 0 Å². The number of hydrogen-bond donors (Lipinski definition) is 1. The molecule has 18 heavy (non-hydrogen) atoms. The number of hydrogen-bond acceptors (Lipinski definition) is 2. The van der Waals surface area contributed by atoms with E-state index in [0.29, 0.717) is 5.41 Å². The number of nitrogens with zero attached hydrogens (tertiary/aromatic N) is 1. The second-order valence-corrected chi connectivity index (χ2v) is 6.43. The fourth-order valence-corrected chi connectivity index (χ4v) is 3.89. The van der Waals surface area contributed by atoms with Crippen LogP contribution in [0, 0.1) is 5.41 Å². The molecule has 0 radical (unpaired) electrons. The van der Waals surface area contributed by atoms with Gasteiger partial charge in [0.2, 0.25) is 0 Å². The maximum atomic E-state index is 10.7. The average Bonchev–Trinajstić information content (AvgIpc) is 2.84. The van der Waals surface area contributed by atoms with Crippen molar-refractivity contribution in [1.82, 2.24) is 4.98 Å². The monoisotopic (exact) mass is 245 g/mol. The third kappa shape index (κ3) is 2.44. The van der Waals surface area contributed by atoms with E-state index in [2.05, 4.69) is 4.98 Å². The van der Waals surface area contributed by atoms with Gasteiger partial charge in [-0.1, -0.05) is 18.9 Å². The Hall–Kier alpha value is -0.890. The summed E-state index contributed by atoms with van der Waals surface area (Å²) in [6.07, 6.45) is 12.5. The Bertz CT molecular complexity index is 385. The fourth-order valence-electron chi connectivity index (χ4n) is 3.89. The molecule has 2 fully saturated rings. The minimum absolute atomic E-state index is 0.498. The van der Waals surface area contributed by atoms with E-state index in [-0.39, 0.29) is 0 Å². The van der Waals surface area contributed by atoms with Gasteiger partial charge in [-0.25, -0.2) is 0 Å². The molecule has 2 heteroatoms. The molecular formula is C16H23NO. The van der Waals surface area contributed by atoms with E-state index < -0.39 is 5.60 Å². The average molecular weight is 245 g/mol. The second kappa shape index (κ2) is 4.65. The summed E-state index contributed by atoms with van der Waals surface area (Å²) in [6, 6.07) is 5.97. The van der Waals surface area contributed by atoms with Gasteiger partial charge in [0.05, 0.1) is 5.60 Å². The molecular weight excluding hydrogens is 222 g/mol. The lowest BCUT2D eigenvalue weighted by Crippen LogP contribution is -2.40. The van der Waals surface area contributed by atoms with Crippen LogP contribution in [-0.4, -0.2) is 15.7 Å². The minimum Gasteiger partial charge on any atom is -0.389 e. The molecule has 1 heterocycles. The maximum Gasteiger partial charge on any atom is 0.0703 e. The molecule has 1 spiro atoms. The molecule has 0 saturated heterocycles. The van der Waals surface area contributed by atoms with Gasteiger partial charge < -0.3 is 5.11 Å². The van der Waals surface area contributed by atoms with Crippen molar-refractivity contribution in [1.29, 1.82) is 0 Å². The number of aliphatic hydroxyl groups is 1. The fraction of sp³-hybridized carbons (Fsp3) is 0.688. The van der Waals surface area contributed by atoms with E-state index in [1.165, 1.54) is 38.5 Å². The first-order valence-electron chi connectivity index (χ1n) is 7.32. The normalized spacial score (nSPS) is 25.4. The molecule has 1 N–H and O–H groups in total. The smallest absolute Gasteiger partial charge is 0.0703 e. The molecule has 1 aromatic rings. The summed E-state index contributed by atoms with van der Waals surface area (Å²) in [7, 11) is 0. The first kappa shape index (κ1) is 12.2. The van der Waals surface area contributed by atoms with Gasteiger partial charge in [-0.3, -0.25) is 4.98 Å². The van der Waals surface area contributed by atoms with Crippen LogP contribution in [-0.2, 0) is 6.42 Å². The Morgan fingerprint density at radius 3 is 2.33 bits per heavy atom. The summed E-state index contributed by atoms with van der Waals surface area (Å²) in [5.74, 6) is 0. The van der Waals surface area contributed by atoms with Crippen LogP contribution in [0.2, 0.25) is 0 Å². The van der Waals surface area contributed by atoms with Crippen molar-refractivity contribution >= 4 is 0 Å². The van der Waals surface area contributed by atoms with Crippen molar-refractivity contribution < 1.29 is 5.11 Å². The van der Waals surface area contributed by atoms with E-state index in [0.717, 1.165) is 25.0 Å². The van der Waals surface area contributed by atoms with Gasteiger partial charge in [0.25, 0.3) is 0 Å². The number of pyridine rings is 1. The summed E-state index contributed by atoms with van der Waals surface area (Å²) >= 11 is 0. The Kier molecular flexibility index (Phi) is 3.14. The predicted octanol–water partition coefficient (Wildman–Crippen LogP) is 3.49. The Balaban J connectivity index is 1.63. The van der Waals surface area contributed by atoms with Crippen molar-refractivity contribution in [3.05, 3.63) is 30.1 Å². The molecule has 0 atom stereocenters. The van der Waals surface area contributed by atoms with Gasteiger partial charge >= 0.3 is 0 Å². The summed E-state index contributed by atoms with van der Waals surface area (Å²) in [5.41, 5.74) is 1.13. The third-order valence-corrected chi connectivity index (χ3v) is 5.14. The largest absolute Gasteiger partial charge is 0.389 e. The highest BCUT2D eigenvalue weighted by atomic mass is 16.3. The van der Waals surface area contributed by atoms with Crippen molar-refractivity contribution in [2.24, 2.45) is 5.41 Å². The number of aromatic nitrogens is 1. The van der Waals surface area contributed by atoms with Crippen LogP contribution in [0.15, 0.2) is 24.4 Å². The molecule has 0 aromatic carbocycles. The van der Waals surface area contributed by atoms with Crippen LogP contribution in [0.3, 0.4) is 0 Å². The highest BCUT2D eigenvalue weighted by Gasteiger charge is 2.42. The van der Waals surface area contributed by atoms with Crippen molar-refractivity contribution in [3.63, 3.8) is 0 Å². The van der Waals surface area contributed by atoms with Gasteiger partial charge in [0.15, 0.2) is 0 Å². The molecule has 0 aliphatic heterocycles. The van der Waals surface area contributed by atoms with E-state index in [4.69, 9.17) is 0 Å². The van der Waals surface area contributed by atoms with Crippen LogP contribution >= 0.6 is 0 Å². The van der Waals surface area contributed by atoms with E-state index in [9.17, 15) is 5.11 Å². The first-order valence-corrected chi connectivity index (χ1v) is 7.32. The molecule has 2 saturated carbocycles. The zero-order chi connectivity index (χ0) is 12.5. The molecule has 2 aliphatic carbocycles. The molecule has 98 valence electrons. The molecule has 2 nitrogen and oxygen atoms in total. The quantitative estimate of drug-likeness (QED) is 0.865. The molecule has 0 bridgehead atoms. The lowest BCUT2D eigenvalue weighted by molar-refractivity contribution is -0.0328. The van der Waals surface area contributed by atoms with Gasteiger partial charge in [-0.05, 0) is 56.1 Å². The van der Waals surface area contributed by atoms with Crippen molar-refractivity contribution in [3.8, 4) is 0 Å². The van der Waals surface area contributed by atoms with Crippen molar-refractivity contribution in [2.45, 2.75) is 63.4 Å². The summed E-state index contributed by atoms with van der Waals surface area (Å²) < 4.78 is 0. The van der Waals surface area contributed by atoms with E-state index in [1.54, 1.807) is 0 Å². The highest BCUT2D eigenvalue weighted by Crippen LogP contribution is 2.51. The molecule has 0 unspecified atom stereocenters.